The van der Waals surface area contributed by atoms with Crippen molar-refractivity contribution in [3.63, 3.8) is 0 Å². The Labute approximate surface area is 163 Å². The molecule has 0 aliphatic carbocycles. The fourth-order valence-corrected chi connectivity index (χ4v) is 2.64. The zero-order valence-corrected chi connectivity index (χ0v) is 15.3. The van der Waals surface area contributed by atoms with Gasteiger partial charge in [-0.2, -0.15) is 0 Å². The highest BCUT2D eigenvalue weighted by atomic mass is 16.3. The minimum absolute atomic E-state index is 0.0152. The molecule has 142 valence electrons. The summed E-state index contributed by atoms with van der Waals surface area (Å²) in [7, 11) is 0. The molecule has 6 heteroatoms. The minimum atomic E-state index is -0.312. The first-order valence-corrected chi connectivity index (χ1v) is 8.96. The third-order valence-corrected chi connectivity index (χ3v) is 4.22. The highest BCUT2D eigenvalue weighted by molar-refractivity contribution is 6.05. The molecule has 2 amide bonds. The molecular weight excluding hydrogens is 354 g/mol. The van der Waals surface area contributed by atoms with Crippen LogP contribution in [0.1, 0.15) is 27.9 Å². The molecule has 2 aromatic carbocycles. The number of rotatable bonds is 7. The molecule has 6 nitrogen and oxygen atoms in total. The summed E-state index contributed by atoms with van der Waals surface area (Å²) >= 11 is 0. The maximum absolute atomic E-state index is 12.3. The molecule has 0 spiro atoms. The highest BCUT2D eigenvalue weighted by Gasteiger charge is 2.09. The summed E-state index contributed by atoms with van der Waals surface area (Å²) in [6.07, 6.45) is 4.50. The lowest BCUT2D eigenvalue weighted by Gasteiger charge is -2.08. The first kappa shape index (κ1) is 19.1. The second-order valence-electron chi connectivity index (χ2n) is 6.31. The van der Waals surface area contributed by atoms with Crippen molar-refractivity contribution in [3.05, 3.63) is 89.7 Å². The number of aromatic nitrogens is 1. The van der Waals surface area contributed by atoms with Crippen LogP contribution in [0.15, 0.2) is 73.1 Å². The van der Waals surface area contributed by atoms with Crippen molar-refractivity contribution in [1.82, 2.24) is 10.3 Å². The van der Waals surface area contributed by atoms with Crippen molar-refractivity contribution in [1.29, 1.82) is 0 Å². The Morgan fingerprint density at radius 2 is 1.71 bits per heavy atom. The largest absolute Gasteiger partial charge is 0.506 e. The van der Waals surface area contributed by atoms with E-state index in [0.717, 1.165) is 11.1 Å². The number of benzene rings is 2. The van der Waals surface area contributed by atoms with Crippen LogP contribution >= 0.6 is 0 Å². The summed E-state index contributed by atoms with van der Waals surface area (Å²) in [5, 5.41) is 15.3. The van der Waals surface area contributed by atoms with Crippen molar-refractivity contribution < 1.29 is 14.7 Å². The highest BCUT2D eigenvalue weighted by Crippen LogP contribution is 2.22. The molecule has 0 radical (unpaired) electrons. The molecule has 0 fully saturated rings. The Morgan fingerprint density at radius 3 is 2.43 bits per heavy atom. The maximum atomic E-state index is 12.3. The van der Waals surface area contributed by atoms with Gasteiger partial charge in [0.15, 0.2) is 0 Å². The van der Waals surface area contributed by atoms with E-state index in [1.54, 1.807) is 54.9 Å². The van der Waals surface area contributed by atoms with Crippen LogP contribution in [-0.2, 0) is 17.8 Å². The summed E-state index contributed by atoms with van der Waals surface area (Å²) in [6, 6.07) is 17.3. The number of phenols is 1. The first-order valence-electron chi connectivity index (χ1n) is 8.96. The van der Waals surface area contributed by atoms with Crippen LogP contribution in [0.3, 0.4) is 0 Å². The van der Waals surface area contributed by atoms with E-state index in [1.807, 2.05) is 12.1 Å². The van der Waals surface area contributed by atoms with Gasteiger partial charge >= 0.3 is 0 Å². The van der Waals surface area contributed by atoms with Crippen molar-refractivity contribution in [2.45, 2.75) is 19.4 Å². The van der Waals surface area contributed by atoms with E-state index >= 15 is 0 Å². The number of para-hydroxylation sites is 2. The fourth-order valence-electron chi connectivity index (χ4n) is 2.64. The molecule has 0 unspecified atom stereocenters. The number of aryl methyl sites for hydroxylation is 1. The summed E-state index contributed by atoms with van der Waals surface area (Å²) in [5.74, 6) is -0.333. The number of hydrogen-bond donors (Lipinski definition) is 3. The number of nitrogens with zero attached hydrogens (tertiary/aromatic N) is 1. The molecule has 0 aliphatic heterocycles. The molecule has 28 heavy (non-hydrogen) atoms. The number of carbonyl (C=O) groups excluding carboxylic acids is 2. The van der Waals surface area contributed by atoms with Gasteiger partial charge < -0.3 is 15.7 Å². The average molecular weight is 375 g/mol. The van der Waals surface area contributed by atoms with E-state index in [4.69, 9.17) is 0 Å². The third kappa shape index (κ3) is 5.41. The molecule has 0 bridgehead atoms. The SMILES string of the molecule is O=C(CCc1cccnc1)NCc1ccc(C(=O)Nc2ccccc2O)cc1. The first-order chi connectivity index (χ1) is 13.6. The predicted molar refractivity (Wildman–Crippen MR) is 107 cm³/mol. The molecule has 3 N–H and O–H groups in total. The Hall–Kier alpha value is -3.67. The Bertz CT molecular complexity index is 941. The predicted octanol–water partition coefficient (Wildman–Crippen LogP) is 3.29. The normalized spacial score (nSPS) is 10.3. The zero-order chi connectivity index (χ0) is 19.8. The third-order valence-electron chi connectivity index (χ3n) is 4.22. The number of hydrogen-bond acceptors (Lipinski definition) is 4. The lowest BCUT2D eigenvalue weighted by atomic mass is 10.1. The number of nitrogens with one attached hydrogen (secondary N) is 2. The van der Waals surface area contributed by atoms with E-state index < -0.39 is 0 Å². The number of aromatic hydroxyl groups is 1. The molecule has 1 heterocycles. The van der Waals surface area contributed by atoms with E-state index in [9.17, 15) is 14.7 Å². The van der Waals surface area contributed by atoms with E-state index in [0.29, 0.717) is 30.6 Å². The van der Waals surface area contributed by atoms with Gasteiger partial charge in [0, 0.05) is 30.9 Å². The molecule has 3 aromatic rings. The topological polar surface area (TPSA) is 91.3 Å². The van der Waals surface area contributed by atoms with Crippen molar-refractivity contribution in [2.24, 2.45) is 0 Å². The molecule has 1 aromatic heterocycles. The molecule has 3 rings (SSSR count). The lowest BCUT2D eigenvalue weighted by Crippen LogP contribution is -2.23. The van der Waals surface area contributed by atoms with Crippen molar-refractivity contribution >= 4 is 17.5 Å². The molecule has 0 saturated heterocycles. The minimum Gasteiger partial charge on any atom is -0.506 e. The number of phenolic OH excluding ortho intramolecular Hbond substituents is 1. The fraction of sp³-hybridized carbons (Fsp3) is 0.136. The number of carbonyl (C=O) groups is 2. The van der Waals surface area contributed by atoms with Gasteiger partial charge in [0.25, 0.3) is 5.91 Å². The summed E-state index contributed by atoms with van der Waals surface area (Å²) < 4.78 is 0. The van der Waals surface area contributed by atoms with Crippen molar-refractivity contribution in [3.8, 4) is 5.75 Å². The zero-order valence-electron chi connectivity index (χ0n) is 15.3. The van der Waals surface area contributed by atoms with Gasteiger partial charge in [0.1, 0.15) is 5.75 Å². The monoisotopic (exact) mass is 375 g/mol. The van der Waals surface area contributed by atoms with E-state index in [2.05, 4.69) is 15.6 Å². The van der Waals surface area contributed by atoms with Gasteiger partial charge in [-0.25, -0.2) is 0 Å². The van der Waals surface area contributed by atoms with Crippen LogP contribution in [0.25, 0.3) is 0 Å². The Morgan fingerprint density at radius 1 is 0.929 bits per heavy atom. The quantitative estimate of drug-likeness (QED) is 0.553. The standard InChI is InChI=1S/C22H21N3O3/c26-20-6-2-1-5-19(20)25-22(28)18-10-7-17(8-11-18)15-24-21(27)12-9-16-4-3-13-23-14-16/h1-8,10-11,13-14,26H,9,12,15H2,(H,24,27)(H,25,28). The number of pyridine rings is 1. The number of amides is 2. The van der Waals surface area contributed by atoms with Crippen molar-refractivity contribution in [2.75, 3.05) is 5.32 Å². The summed E-state index contributed by atoms with van der Waals surface area (Å²) in [6.45, 7) is 0.396. The molecule has 0 atom stereocenters. The van der Waals surface area contributed by atoms with Gasteiger partial charge in [0.05, 0.1) is 5.69 Å². The second-order valence-corrected chi connectivity index (χ2v) is 6.31. The molecule has 0 aliphatic rings. The maximum Gasteiger partial charge on any atom is 0.255 e. The molecule has 0 saturated carbocycles. The average Bonchev–Trinajstić information content (AvgIpc) is 2.73. The van der Waals surface area contributed by atoms with Crippen LogP contribution in [-0.4, -0.2) is 21.9 Å². The van der Waals surface area contributed by atoms with E-state index in [1.165, 1.54) is 6.07 Å². The Balaban J connectivity index is 1.48. The Kier molecular flexibility index (Phi) is 6.36. The van der Waals surface area contributed by atoms with Gasteiger partial charge in [0.2, 0.25) is 5.91 Å². The van der Waals surface area contributed by atoms with Gasteiger partial charge in [-0.15, -0.1) is 0 Å². The number of anilines is 1. The lowest BCUT2D eigenvalue weighted by molar-refractivity contribution is -0.121. The van der Waals surface area contributed by atoms with Gasteiger partial charge in [-0.05, 0) is 47.9 Å². The summed E-state index contributed by atoms with van der Waals surface area (Å²) in [4.78, 5) is 28.3. The van der Waals surface area contributed by atoms with Crippen LogP contribution in [0.4, 0.5) is 5.69 Å². The van der Waals surface area contributed by atoms with Crippen LogP contribution in [0, 0.1) is 0 Å². The second kappa shape index (κ2) is 9.32. The smallest absolute Gasteiger partial charge is 0.255 e. The van der Waals surface area contributed by atoms with Crippen LogP contribution < -0.4 is 10.6 Å². The molecular formula is C22H21N3O3. The van der Waals surface area contributed by atoms with Gasteiger partial charge in [-0.3, -0.25) is 14.6 Å². The van der Waals surface area contributed by atoms with Crippen LogP contribution in [0.2, 0.25) is 0 Å². The summed E-state index contributed by atoms with van der Waals surface area (Å²) in [5.41, 5.74) is 2.75. The van der Waals surface area contributed by atoms with Crippen LogP contribution in [0.5, 0.6) is 5.75 Å². The van der Waals surface area contributed by atoms with E-state index in [-0.39, 0.29) is 17.6 Å². The van der Waals surface area contributed by atoms with Gasteiger partial charge in [-0.1, -0.05) is 30.3 Å².